The van der Waals surface area contributed by atoms with E-state index in [9.17, 15) is 19.2 Å². The molecule has 0 bridgehead atoms. The van der Waals surface area contributed by atoms with Crippen molar-refractivity contribution in [3.63, 3.8) is 0 Å². The van der Waals surface area contributed by atoms with Crippen LogP contribution in [0.3, 0.4) is 0 Å². The SMILES string of the molecule is CC(=O)OC[C@@H]1O[C@@H](Sc2ccccc2)[C@H](OC(C)=O)[C@@H](OC(C)=O)[C@@H]1OC(C)=O. The van der Waals surface area contributed by atoms with Gasteiger partial charge in [0, 0.05) is 32.6 Å². The van der Waals surface area contributed by atoms with E-state index < -0.39 is 53.7 Å². The van der Waals surface area contributed by atoms with Crippen LogP contribution in [0.1, 0.15) is 27.7 Å². The van der Waals surface area contributed by atoms with Gasteiger partial charge in [-0.1, -0.05) is 30.0 Å². The summed E-state index contributed by atoms with van der Waals surface area (Å²) in [5, 5.41) is 0. The third-order valence-electron chi connectivity index (χ3n) is 3.94. The first-order chi connectivity index (χ1) is 14.2. The molecule has 164 valence electrons. The number of carbonyl (C=O) groups excluding carboxylic acids is 4. The van der Waals surface area contributed by atoms with Crippen molar-refractivity contribution >= 4 is 35.6 Å². The first kappa shape index (κ1) is 23.7. The molecule has 0 N–H and O–H groups in total. The van der Waals surface area contributed by atoms with Gasteiger partial charge >= 0.3 is 23.9 Å². The lowest BCUT2D eigenvalue weighted by atomic mass is 9.99. The summed E-state index contributed by atoms with van der Waals surface area (Å²) < 4.78 is 27.2. The molecule has 0 spiro atoms. The van der Waals surface area contributed by atoms with Gasteiger partial charge in [-0.05, 0) is 12.1 Å². The lowest BCUT2D eigenvalue weighted by Gasteiger charge is -2.44. The maximum atomic E-state index is 11.8. The van der Waals surface area contributed by atoms with Gasteiger partial charge in [0.25, 0.3) is 0 Å². The Morgan fingerprint density at radius 3 is 1.87 bits per heavy atom. The van der Waals surface area contributed by atoms with Gasteiger partial charge in [0.15, 0.2) is 18.3 Å². The zero-order valence-electron chi connectivity index (χ0n) is 17.1. The summed E-state index contributed by atoms with van der Waals surface area (Å²) in [4.78, 5) is 47.3. The molecule has 0 radical (unpaired) electrons. The van der Waals surface area contributed by atoms with Crippen molar-refractivity contribution in [3.8, 4) is 0 Å². The van der Waals surface area contributed by atoms with Crippen LogP contribution >= 0.6 is 11.8 Å². The molecule has 1 aliphatic heterocycles. The van der Waals surface area contributed by atoms with Crippen LogP contribution < -0.4 is 0 Å². The van der Waals surface area contributed by atoms with E-state index in [0.29, 0.717) is 0 Å². The number of thioether (sulfide) groups is 1. The van der Waals surface area contributed by atoms with Crippen molar-refractivity contribution in [1.29, 1.82) is 0 Å². The normalized spacial score (nSPS) is 25.7. The second-order valence-corrected chi connectivity index (χ2v) is 7.67. The Bertz CT molecular complexity index is 767. The molecular formula is C20H24O9S. The van der Waals surface area contributed by atoms with Crippen LogP contribution in [0.25, 0.3) is 0 Å². The van der Waals surface area contributed by atoms with Crippen molar-refractivity contribution in [3.05, 3.63) is 30.3 Å². The predicted octanol–water partition coefficient (Wildman–Crippen LogP) is 1.86. The van der Waals surface area contributed by atoms with Crippen LogP contribution in [0.4, 0.5) is 0 Å². The molecule has 30 heavy (non-hydrogen) atoms. The predicted molar refractivity (Wildman–Crippen MR) is 104 cm³/mol. The van der Waals surface area contributed by atoms with Gasteiger partial charge in [-0.3, -0.25) is 19.2 Å². The number of benzene rings is 1. The molecule has 1 aromatic carbocycles. The maximum absolute atomic E-state index is 11.8. The van der Waals surface area contributed by atoms with Crippen LogP contribution in [-0.4, -0.2) is 60.3 Å². The zero-order chi connectivity index (χ0) is 22.3. The molecule has 10 heteroatoms. The average Bonchev–Trinajstić information content (AvgIpc) is 2.64. The lowest BCUT2D eigenvalue weighted by Crippen LogP contribution is -2.61. The molecule has 1 heterocycles. The Kier molecular flexibility index (Phi) is 8.67. The minimum atomic E-state index is -1.16. The van der Waals surface area contributed by atoms with Crippen molar-refractivity contribution in [2.45, 2.75) is 62.4 Å². The van der Waals surface area contributed by atoms with Gasteiger partial charge in [-0.2, -0.15) is 0 Å². The second-order valence-electron chi connectivity index (χ2n) is 6.50. The third-order valence-corrected chi connectivity index (χ3v) is 5.10. The van der Waals surface area contributed by atoms with Gasteiger partial charge in [0.2, 0.25) is 0 Å². The van der Waals surface area contributed by atoms with Crippen molar-refractivity contribution < 1.29 is 42.9 Å². The minimum Gasteiger partial charge on any atom is -0.463 e. The average molecular weight is 440 g/mol. The smallest absolute Gasteiger partial charge is 0.303 e. The Balaban J connectivity index is 2.42. The van der Waals surface area contributed by atoms with Crippen molar-refractivity contribution in [1.82, 2.24) is 0 Å². The summed E-state index contributed by atoms with van der Waals surface area (Å²) in [6, 6.07) is 9.16. The van der Waals surface area contributed by atoms with Crippen LogP contribution in [0.2, 0.25) is 0 Å². The summed E-state index contributed by atoms with van der Waals surface area (Å²) in [5.41, 5.74) is -0.826. The van der Waals surface area contributed by atoms with E-state index in [0.717, 1.165) is 4.90 Å². The molecule has 0 aliphatic carbocycles. The first-order valence-corrected chi connectivity index (χ1v) is 10.1. The molecular weight excluding hydrogens is 416 g/mol. The summed E-state index contributed by atoms with van der Waals surface area (Å²) in [7, 11) is 0. The van der Waals surface area contributed by atoms with E-state index in [4.69, 9.17) is 23.7 Å². The van der Waals surface area contributed by atoms with Gasteiger partial charge in [0.1, 0.15) is 18.1 Å². The number of hydrogen-bond donors (Lipinski definition) is 0. The number of hydrogen-bond acceptors (Lipinski definition) is 10. The first-order valence-electron chi connectivity index (χ1n) is 9.19. The highest BCUT2D eigenvalue weighted by Crippen LogP contribution is 2.37. The maximum Gasteiger partial charge on any atom is 0.303 e. The largest absolute Gasteiger partial charge is 0.463 e. The minimum absolute atomic E-state index is 0.246. The standard InChI is InChI=1S/C20H24O9S/c1-11(21)25-10-16-17(26-12(2)22)18(27-13(3)23)19(28-14(4)24)20(29-16)30-15-8-6-5-7-9-15/h5-9,16-20H,10H2,1-4H3/t16-,17+,18-,19+,20-/m0/s1. The molecule has 0 unspecified atom stereocenters. The molecule has 1 fully saturated rings. The molecule has 2 rings (SSSR count). The highest BCUT2D eigenvalue weighted by Gasteiger charge is 2.52. The number of esters is 4. The Morgan fingerprint density at radius 1 is 0.800 bits per heavy atom. The zero-order valence-corrected chi connectivity index (χ0v) is 17.9. The van der Waals surface area contributed by atoms with E-state index in [1.54, 1.807) is 0 Å². The van der Waals surface area contributed by atoms with Crippen LogP contribution in [-0.2, 0) is 42.9 Å². The topological polar surface area (TPSA) is 114 Å². The number of carbonyl (C=O) groups is 4. The van der Waals surface area contributed by atoms with E-state index in [-0.39, 0.29) is 6.61 Å². The fourth-order valence-electron chi connectivity index (χ4n) is 2.92. The van der Waals surface area contributed by atoms with Gasteiger partial charge in [0.05, 0.1) is 0 Å². The van der Waals surface area contributed by atoms with Gasteiger partial charge in [-0.15, -0.1) is 0 Å². The number of rotatable bonds is 7. The Labute approximate surface area is 178 Å². The molecule has 0 saturated carbocycles. The highest BCUT2D eigenvalue weighted by molar-refractivity contribution is 7.99. The molecule has 1 saturated heterocycles. The molecule has 0 aromatic heterocycles. The van der Waals surface area contributed by atoms with Crippen LogP contribution in [0.5, 0.6) is 0 Å². The summed E-state index contributed by atoms with van der Waals surface area (Å²) in [6.07, 6.45) is -4.33. The fraction of sp³-hybridized carbons (Fsp3) is 0.500. The lowest BCUT2D eigenvalue weighted by molar-refractivity contribution is -0.237. The summed E-state index contributed by atoms with van der Waals surface area (Å²) in [6.45, 7) is 4.56. The van der Waals surface area contributed by atoms with Crippen molar-refractivity contribution in [2.24, 2.45) is 0 Å². The number of ether oxygens (including phenoxy) is 5. The summed E-state index contributed by atoms with van der Waals surface area (Å²) in [5.74, 6) is -2.51. The van der Waals surface area contributed by atoms with E-state index in [2.05, 4.69) is 0 Å². The third kappa shape index (κ3) is 7.03. The molecule has 0 amide bonds. The molecule has 5 atom stereocenters. The Morgan fingerprint density at radius 2 is 1.33 bits per heavy atom. The monoisotopic (exact) mass is 440 g/mol. The quantitative estimate of drug-likeness (QED) is 0.460. The van der Waals surface area contributed by atoms with Crippen molar-refractivity contribution in [2.75, 3.05) is 6.61 Å². The van der Waals surface area contributed by atoms with Gasteiger partial charge < -0.3 is 23.7 Å². The highest BCUT2D eigenvalue weighted by atomic mass is 32.2. The van der Waals surface area contributed by atoms with E-state index >= 15 is 0 Å². The Hall–Kier alpha value is -2.59. The van der Waals surface area contributed by atoms with E-state index in [1.807, 2.05) is 30.3 Å². The summed E-state index contributed by atoms with van der Waals surface area (Å²) >= 11 is 1.23. The van der Waals surface area contributed by atoms with Crippen LogP contribution in [0.15, 0.2) is 35.2 Å². The fourth-order valence-corrected chi connectivity index (χ4v) is 4.04. The molecule has 1 aliphatic rings. The van der Waals surface area contributed by atoms with E-state index in [1.165, 1.54) is 39.5 Å². The molecule has 9 nitrogen and oxygen atoms in total. The molecule has 1 aromatic rings. The van der Waals surface area contributed by atoms with Crippen LogP contribution in [0, 0.1) is 0 Å². The second kappa shape index (κ2) is 11.0. The van der Waals surface area contributed by atoms with Gasteiger partial charge in [-0.25, -0.2) is 0 Å².